The molecule has 0 saturated heterocycles. The summed E-state index contributed by atoms with van der Waals surface area (Å²) in [6.07, 6.45) is 0. The van der Waals surface area contributed by atoms with E-state index in [1.54, 1.807) is 0 Å². The van der Waals surface area contributed by atoms with E-state index in [9.17, 15) is 40.0 Å². The Hall–Kier alpha value is -1.78. The Labute approximate surface area is 154 Å². The quantitative estimate of drug-likeness (QED) is 0.188. The molecular formula is C8H16N4O12Pd-4. The fourth-order valence-corrected chi connectivity index (χ4v) is 0. The van der Waals surface area contributed by atoms with E-state index in [1.807, 2.05) is 0 Å². The summed E-state index contributed by atoms with van der Waals surface area (Å²) in [5, 5.41) is 64.4. The summed E-state index contributed by atoms with van der Waals surface area (Å²) in [7, 11) is 0. The summed E-state index contributed by atoms with van der Waals surface area (Å²) >= 11 is 0. The van der Waals surface area contributed by atoms with Crippen molar-refractivity contribution >= 4 is 23.6 Å². The molecule has 0 radical (unpaired) electrons. The monoisotopic (exact) mass is 466 g/mol. The number of hydrogen-bond donors (Lipinski definition) is 4. The predicted octanol–water partition coefficient (Wildman–Crippen LogP) is -1.11. The first-order chi connectivity index (χ1) is 10.6. The number of carbonyl (C=O) groups excluding carboxylic acids is 4. The van der Waals surface area contributed by atoms with Crippen molar-refractivity contribution < 1.29 is 60.4 Å². The molecule has 0 heterocycles. The molecule has 0 aromatic heterocycles. The number of hydrogen-bond acceptors (Lipinski definition) is 12. The minimum Gasteiger partial charge on any atom is -0.731 e. The Morgan fingerprint density at radius 1 is 0.520 bits per heavy atom. The maximum atomic E-state index is 9.51. The van der Waals surface area contributed by atoms with Gasteiger partial charge in [-0.25, -0.2) is 0 Å². The van der Waals surface area contributed by atoms with Crippen molar-refractivity contribution in [2.45, 2.75) is 27.7 Å². The van der Waals surface area contributed by atoms with Crippen molar-refractivity contribution in [2.24, 2.45) is 0 Å². The Bertz CT molecular complexity index is 317. The summed E-state index contributed by atoms with van der Waals surface area (Å²) in [6, 6.07) is 0. The van der Waals surface area contributed by atoms with Crippen LogP contribution < -0.4 is 0 Å². The van der Waals surface area contributed by atoms with E-state index in [0.717, 1.165) is 27.7 Å². The molecule has 0 spiro atoms. The topological polar surface area (TPSA) is 254 Å². The second kappa shape index (κ2) is 20.3. The van der Waals surface area contributed by atoms with Crippen LogP contribution in [0.25, 0.3) is 0 Å². The van der Waals surface area contributed by atoms with E-state index in [0.29, 0.717) is 0 Å². The molecule has 25 heavy (non-hydrogen) atoms. The molecular weight excluding hydrogens is 451 g/mol. The molecule has 0 aliphatic carbocycles. The zero-order chi connectivity index (χ0) is 20.6. The van der Waals surface area contributed by atoms with E-state index in [2.05, 4.69) is 0 Å². The Balaban J connectivity index is -0.0000000702. The van der Waals surface area contributed by atoms with Gasteiger partial charge in [-0.2, -0.15) is 0 Å². The van der Waals surface area contributed by atoms with E-state index >= 15 is 0 Å². The van der Waals surface area contributed by atoms with Gasteiger partial charge in [-0.15, -0.1) is 0 Å². The fourth-order valence-electron chi connectivity index (χ4n) is 0. The minimum absolute atomic E-state index is 0. The van der Waals surface area contributed by atoms with Gasteiger partial charge in [-0.05, 0) is 0 Å². The average Bonchev–Trinajstić information content (AvgIpc) is 2.40. The predicted molar refractivity (Wildman–Crippen MR) is 70.7 cm³/mol. The van der Waals surface area contributed by atoms with Crippen molar-refractivity contribution in [2.75, 3.05) is 0 Å². The number of nitrogens with zero attached hydrogens (tertiary/aromatic N) is 4. The molecule has 0 fully saturated rings. The second-order valence-corrected chi connectivity index (χ2v) is 3.17. The summed E-state index contributed by atoms with van der Waals surface area (Å²) in [4.78, 5) is 38.0. The van der Waals surface area contributed by atoms with Gasteiger partial charge in [0.25, 0.3) is 0 Å². The standard InChI is InChI=1S/4C2H4NO3.Pd/c4*1-2(4)3(5)6;/h4*5H,1H3;/q4*-1;. The third kappa shape index (κ3) is 44.9. The van der Waals surface area contributed by atoms with Crippen molar-refractivity contribution in [3.05, 3.63) is 20.8 Å². The smallest absolute Gasteiger partial charge is 0.232 e. The van der Waals surface area contributed by atoms with Crippen LogP contribution in [0.15, 0.2) is 0 Å². The molecule has 17 heteroatoms. The first-order valence-corrected chi connectivity index (χ1v) is 5.24. The molecule has 0 aliphatic heterocycles. The number of rotatable bonds is 0. The van der Waals surface area contributed by atoms with Crippen molar-refractivity contribution in [3.63, 3.8) is 0 Å². The van der Waals surface area contributed by atoms with E-state index in [1.165, 1.54) is 0 Å². The Kier molecular flexibility index (Phi) is 28.0. The zero-order valence-corrected chi connectivity index (χ0v) is 14.7. The van der Waals surface area contributed by atoms with Gasteiger partial charge in [-0.1, -0.05) is 0 Å². The minimum atomic E-state index is -0.907. The molecule has 0 rings (SSSR count). The Morgan fingerprint density at radius 3 is 0.560 bits per heavy atom. The average molecular weight is 467 g/mol. The summed E-state index contributed by atoms with van der Waals surface area (Å²) in [5.74, 6) is -3.63. The first-order valence-electron chi connectivity index (χ1n) is 5.24. The molecule has 154 valence electrons. The number of carbonyl (C=O) groups is 4. The second-order valence-electron chi connectivity index (χ2n) is 3.17. The van der Waals surface area contributed by atoms with Crippen molar-refractivity contribution in [1.82, 2.24) is 20.9 Å². The van der Waals surface area contributed by atoms with Crippen LogP contribution in [-0.2, 0) is 39.6 Å². The summed E-state index contributed by atoms with van der Waals surface area (Å²) < 4.78 is 0. The third-order valence-electron chi connectivity index (χ3n) is 1.08. The molecule has 0 aromatic rings. The van der Waals surface area contributed by atoms with Crippen LogP contribution in [0.1, 0.15) is 27.7 Å². The number of amides is 4. The maximum Gasteiger partial charge on any atom is 0.232 e. The number of hydroxylamine groups is 8. The van der Waals surface area contributed by atoms with Crippen LogP contribution in [0, 0.1) is 20.8 Å². The van der Waals surface area contributed by atoms with Gasteiger partial charge in [-0.3, -0.25) is 60.9 Å². The fraction of sp³-hybridized carbons (Fsp3) is 0.500. The molecule has 0 aromatic carbocycles. The molecule has 4 N–H and O–H groups in total. The molecule has 16 nitrogen and oxygen atoms in total. The molecule has 0 bridgehead atoms. The van der Waals surface area contributed by atoms with Crippen LogP contribution in [0.5, 0.6) is 0 Å². The van der Waals surface area contributed by atoms with E-state index in [4.69, 9.17) is 20.8 Å². The Morgan fingerprint density at radius 2 is 0.560 bits per heavy atom. The van der Waals surface area contributed by atoms with Crippen LogP contribution >= 0.6 is 0 Å². The SMILES string of the molecule is CC(=O)N([O-])O.CC(=O)N([O-])O.CC(=O)N([O-])O.CC(=O)N([O-])O.[Pd]. The van der Waals surface area contributed by atoms with Gasteiger partial charge in [0.05, 0.1) is 0 Å². The van der Waals surface area contributed by atoms with Gasteiger partial charge in [0.2, 0.25) is 23.6 Å². The zero-order valence-electron chi connectivity index (χ0n) is 13.2. The first kappa shape index (κ1) is 34.5. The summed E-state index contributed by atoms with van der Waals surface area (Å²) in [5.41, 5.74) is 0. The van der Waals surface area contributed by atoms with Gasteiger partial charge < -0.3 is 20.8 Å². The molecule has 0 atom stereocenters. The maximum absolute atomic E-state index is 9.51. The van der Waals surface area contributed by atoms with Crippen molar-refractivity contribution in [3.8, 4) is 0 Å². The van der Waals surface area contributed by atoms with Gasteiger partial charge in [0, 0.05) is 48.1 Å². The van der Waals surface area contributed by atoms with Crippen LogP contribution in [0.3, 0.4) is 0 Å². The summed E-state index contributed by atoms with van der Waals surface area (Å²) in [6.45, 7) is 3.86. The van der Waals surface area contributed by atoms with Gasteiger partial charge in [0.15, 0.2) is 0 Å². The molecule has 0 aliphatic rings. The van der Waals surface area contributed by atoms with Gasteiger partial charge >= 0.3 is 0 Å². The van der Waals surface area contributed by atoms with E-state index < -0.39 is 44.5 Å². The van der Waals surface area contributed by atoms with Crippen LogP contribution in [-0.4, -0.2) is 65.4 Å². The van der Waals surface area contributed by atoms with Crippen LogP contribution in [0.4, 0.5) is 0 Å². The third-order valence-corrected chi connectivity index (χ3v) is 1.08. The molecule has 0 saturated carbocycles. The largest absolute Gasteiger partial charge is 0.731 e. The normalized spacial score (nSPS) is 7.52. The van der Waals surface area contributed by atoms with Crippen LogP contribution in [0.2, 0.25) is 0 Å². The van der Waals surface area contributed by atoms with E-state index in [-0.39, 0.29) is 20.4 Å². The molecule has 4 amide bonds. The van der Waals surface area contributed by atoms with Crippen molar-refractivity contribution in [1.29, 1.82) is 0 Å². The molecule has 0 unspecified atom stereocenters. The van der Waals surface area contributed by atoms with Gasteiger partial charge in [0.1, 0.15) is 0 Å².